The zero-order valence-corrected chi connectivity index (χ0v) is 20.5. The van der Waals surface area contributed by atoms with E-state index in [-0.39, 0.29) is 5.91 Å². The molecule has 0 aliphatic rings. The molecule has 188 valence electrons. The fraction of sp³-hybridized carbons (Fsp3) is 0.240. The molecule has 2 aromatic heterocycles. The molecular formula is C25H27N5O6. The predicted molar refractivity (Wildman–Crippen MR) is 134 cm³/mol. The number of rotatable bonds is 10. The van der Waals surface area contributed by atoms with Gasteiger partial charge >= 0.3 is 0 Å². The maximum absolute atomic E-state index is 12.9. The third-order valence-electron chi connectivity index (χ3n) is 5.53. The maximum atomic E-state index is 12.9. The first-order chi connectivity index (χ1) is 17.5. The van der Waals surface area contributed by atoms with Gasteiger partial charge in [-0.3, -0.25) is 4.79 Å². The van der Waals surface area contributed by atoms with Crippen molar-refractivity contribution in [1.29, 1.82) is 0 Å². The Kier molecular flexibility index (Phi) is 7.28. The first kappa shape index (κ1) is 24.5. The van der Waals surface area contributed by atoms with Crippen LogP contribution >= 0.6 is 0 Å². The summed E-state index contributed by atoms with van der Waals surface area (Å²) in [5, 5.41) is 9.98. The van der Waals surface area contributed by atoms with Gasteiger partial charge in [0.25, 0.3) is 0 Å². The molecule has 1 amide bonds. The molecule has 11 heteroatoms. The average Bonchev–Trinajstić information content (AvgIpc) is 3.60. The summed E-state index contributed by atoms with van der Waals surface area (Å²) in [5.74, 6) is 2.81. The topological polar surface area (TPSA) is 133 Å². The summed E-state index contributed by atoms with van der Waals surface area (Å²) in [6.07, 6.45) is 4.74. The van der Waals surface area contributed by atoms with Crippen LogP contribution in [-0.2, 0) is 4.79 Å². The van der Waals surface area contributed by atoms with Crippen LogP contribution in [0.4, 0.5) is 11.5 Å². The Morgan fingerprint density at radius 3 is 2.28 bits per heavy atom. The maximum Gasteiger partial charge on any atom is 0.246 e. The number of hydrogen-bond acceptors (Lipinski definition) is 9. The zero-order valence-electron chi connectivity index (χ0n) is 20.5. The molecule has 1 atom stereocenters. The number of amides is 1. The Bertz CT molecular complexity index is 1310. The summed E-state index contributed by atoms with van der Waals surface area (Å²) in [6, 6.07) is 8.44. The Labute approximate surface area is 207 Å². The van der Waals surface area contributed by atoms with E-state index in [0.717, 1.165) is 5.56 Å². The highest BCUT2D eigenvalue weighted by Crippen LogP contribution is 2.44. The van der Waals surface area contributed by atoms with Crippen LogP contribution in [0.15, 0.2) is 53.6 Å². The lowest BCUT2D eigenvalue weighted by Gasteiger charge is -2.16. The molecule has 4 aromatic rings. The van der Waals surface area contributed by atoms with Gasteiger partial charge in [0.05, 0.1) is 52.8 Å². The number of anilines is 2. The number of hydrogen-bond donors (Lipinski definition) is 3. The van der Waals surface area contributed by atoms with Crippen LogP contribution in [0.1, 0.15) is 6.92 Å². The Hall–Kier alpha value is -4.67. The summed E-state index contributed by atoms with van der Waals surface area (Å²) in [6.45, 7) is 1.75. The lowest BCUT2D eigenvalue weighted by molar-refractivity contribution is -0.116. The first-order valence-electron chi connectivity index (χ1n) is 11.0. The van der Waals surface area contributed by atoms with E-state index in [1.807, 2.05) is 6.07 Å². The van der Waals surface area contributed by atoms with Crippen LogP contribution in [0, 0.1) is 0 Å². The summed E-state index contributed by atoms with van der Waals surface area (Å²) >= 11 is 0. The molecule has 2 heterocycles. The van der Waals surface area contributed by atoms with E-state index in [1.165, 1.54) is 13.4 Å². The second kappa shape index (κ2) is 10.7. The number of aromatic nitrogens is 3. The summed E-state index contributed by atoms with van der Waals surface area (Å²) in [7, 11) is 6.17. The molecule has 0 bridgehead atoms. The van der Waals surface area contributed by atoms with Gasteiger partial charge in [-0.15, -0.1) is 0 Å². The molecule has 0 saturated heterocycles. The highest BCUT2D eigenvalue weighted by atomic mass is 16.5. The molecule has 0 saturated carbocycles. The molecule has 36 heavy (non-hydrogen) atoms. The molecule has 4 rings (SSSR count). The number of nitrogens with one attached hydrogen (secondary N) is 3. The second-order valence-corrected chi connectivity index (χ2v) is 7.72. The van der Waals surface area contributed by atoms with E-state index in [0.29, 0.717) is 51.4 Å². The van der Waals surface area contributed by atoms with Crippen molar-refractivity contribution >= 4 is 17.4 Å². The van der Waals surface area contributed by atoms with Gasteiger partial charge in [-0.1, -0.05) is 11.2 Å². The molecule has 0 fully saturated rings. The summed E-state index contributed by atoms with van der Waals surface area (Å²) in [5.41, 5.74) is 2.63. The second-order valence-electron chi connectivity index (χ2n) is 7.72. The largest absolute Gasteiger partial charge is 0.495 e. The van der Waals surface area contributed by atoms with E-state index >= 15 is 0 Å². The smallest absolute Gasteiger partial charge is 0.246 e. The lowest BCUT2D eigenvalue weighted by atomic mass is 10.0. The van der Waals surface area contributed by atoms with E-state index in [4.69, 9.17) is 23.5 Å². The van der Waals surface area contributed by atoms with Gasteiger partial charge in [0.15, 0.2) is 17.3 Å². The number of methoxy groups -OCH3 is 4. The van der Waals surface area contributed by atoms with Gasteiger partial charge in [0.1, 0.15) is 17.6 Å². The van der Waals surface area contributed by atoms with Crippen LogP contribution < -0.4 is 29.6 Å². The SMILES string of the molecule is COc1ccc(-c2cnoc2-c2cc(OC)c(OC)c(OC)c2)cc1NC(=O)C(C)Nc1cnc[nH]1. The number of nitrogens with zero attached hydrogens (tertiary/aromatic N) is 2. The van der Waals surface area contributed by atoms with Crippen molar-refractivity contribution < 1.29 is 28.3 Å². The van der Waals surface area contributed by atoms with Crippen molar-refractivity contribution in [2.75, 3.05) is 39.1 Å². The number of aromatic amines is 1. The van der Waals surface area contributed by atoms with Gasteiger partial charge in [0, 0.05) is 11.1 Å². The highest BCUT2D eigenvalue weighted by molar-refractivity contribution is 5.98. The Balaban J connectivity index is 1.67. The van der Waals surface area contributed by atoms with Gasteiger partial charge in [-0.2, -0.15) is 0 Å². The Morgan fingerprint density at radius 2 is 1.67 bits per heavy atom. The number of imidazole rings is 1. The van der Waals surface area contributed by atoms with Crippen molar-refractivity contribution in [3.8, 4) is 45.4 Å². The van der Waals surface area contributed by atoms with Gasteiger partial charge in [0.2, 0.25) is 11.7 Å². The van der Waals surface area contributed by atoms with E-state index in [9.17, 15) is 4.79 Å². The van der Waals surface area contributed by atoms with Crippen molar-refractivity contribution in [1.82, 2.24) is 15.1 Å². The van der Waals surface area contributed by atoms with Crippen LogP contribution in [-0.4, -0.2) is 55.5 Å². The van der Waals surface area contributed by atoms with Gasteiger partial charge in [-0.25, -0.2) is 4.98 Å². The molecule has 2 aromatic carbocycles. The minimum atomic E-state index is -0.538. The predicted octanol–water partition coefficient (Wildman–Crippen LogP) is 4.21. The normalized spacial score (nSPS) is 11.5. The van der Waals surface area contributed by atoms with Crippen LogP contribution in [0.5, 0.6) is 23.0 Å². The molecule has 11 nitrogen and oxygen atoms in total. The first-order valence-corrected chi connectivity index (χ1v) is 11.0. The fourth-order valence-corrected chi connectivity index (χ4v) is 3.71. The van der Waals surface area contributed by atoms with Crippen LogP contribution in [0.3, 0.4) is 0 Å². The molecule has 3 N–H and O–H groups in total. The number of carbonyl (C=O) groups is 1. The molecule has 1 unspecified atom stereocenters. The van der Waals surface area contributed by atoms with E-state index in [2.05, 4.69) is 25.8 Å². The third kappa shape index (κ3) is 4.90. The van der Waals surface area contributed by atoms with Crippen molar-refractivity contribution in [3.05, 3.63) is 49.1 Å². The molecule has 0 radical (unpaired) electrons. The minimum Gasteiger partial charge on any atom is -0.495 e. The lowest BCUT2D eigenvalue weighted by Crippen LogP contribution is -2.32. The highest BCUT2D eigenvalue weighted by Gasteiger charge is 2.21. The third-order valence-corrected chi connectivity index (χ3v) is 5.53. The fourth-order valence-electron chi connectivity index (χ4n) is 3.71. The summed E-state index contributed by atoms with van der Waals surface area (Å²) in [4.78, 5) is 19.7. The molecule has 0 spiro atoms. The molecular weight excluding hydrogens is 466 g/mol. The average molecular weight is 494 g/mol. The number of carbonyl (C=O) groups excluding carboxylic acids is 1. The summed E-state index contributed by atoms with van der Waals surface area (Å²) < 4.78 is 27.4. The van der Waals surface area contributed by atoms with E-state index < -0.39 is 6.04 Å². The Morgan fingerprint density at radius 1 is 0.944 bits per heavy atom. The van der Waals surface area contributed by atoms with Crippen LogP contribution in [0.2, 0.25) is 0 Å². The molecule has 0 aliphatic carbocycles. The standard InChI is InChI=1S/C25H27N5O6/c1-14(29-22-12-26-13-27-22)25(31)30-18-8-15(6-7-19(18)32-2)17-11-28-36-23(17)16-9-20(33-3)24(35-5)21(10-16)34-4/h6-14,29H,1-5H3,(H,26,27)(H,30,31). The van der Waals surface area contributed by atoms with Crippen molar-refractivity contribution in [3.63, 3.8) is 0 Å². The van der Waals surface area contributed by atoms with Crippen LogP contribution in [0.25, 0.3) is 22.5 Å². The zero-order chi connectivity index (χ0) is 25.7. The van der Waals surface area contributed by atoms with Crippen molar-refractivity contribution in [2.45, 2.75) is 13.0 Å². The quantitative estimate of drug-likeness (QED) is 0.297. The number of ether oxygens (including phenoxy) is 4. The van der Waals surface area contributed by atoms with Gasteiger partial charge < -0.3 is 39.1 Å². The molecule has 0 aliphatic heterocycles. The number of benzene rings is 2. The number of H-pyrrole nitrogens is 1. The van der Waals surface area contributed by atoms with Gasteiger partial charge in [-0.05, 0) is 36.8 Å². The minimum absolute atomic E-state index is 0.254. The monoisotopic (exact) mass is 493 g/mol. The van der Waals surface area contributed by atoms with Crippen molar-refractivity contribution in [2.24, 2.45) is 0 Å². The van der Waals surface area contributed by atoms with E-state index in [1.54, 1.807) is 64.9 Å².